The Kier molecular flexibility index (Phi) is 4.52. The molecule has 1 amide bonds. The molecule has 0 unspecified atom stereocenters. The second-order valence-electron chi connectivity index (χ2n) is 5.10. The molecule has 0 radical (unpaired) electrons. The van der Waals surface area contributed by atoms with Gasteiger partial charge in [-0.15, -0.1) is 0 Å². The van der Waals surface area contributed by atoms with Gasteiger partial charge in [0, 0.05) is 23.1 Å². The predicted octanol–water partition coefficient (Wildman–Crippen LogP) is 1.16. The molecule has 21 heavy (non-hydrogen) atoms. The highest BCUT2D eigenvalue weighted by Crippen LogP contribution is 2.26. The third-order valence-corrected chi connectivity index (χ3v) is 3.63. The molecular formula is C16H16NO4-. The zero-order chi connectivity index (χ0) is 15.4. The molecule has 1 aromatic rings. The number of amides is 1. The lowest BCUT2D eigenvalue weighted by Crippen LogP contribution is -2.41. The van der Waals surface area contributed by atoms with Crippen LogP contribution in [-0.4, -0.2) is 17.7 Å². The predicted molar refractivity (Wildman–Crippen MR) is 75.4 cm³/mol. The average molecular weight is 286 g/mol. The van der Waals surface area contributed by atoms with E-state index in [1.165, 1.54) is 6.92 Å². The number of hydrogen-bond donors (Lipinski definition) is 1. The van der Waals surface area contributed by atoms with E-state index in [0.29, 0.717) is 24.1 Å². The van der Waals surface area contributed by atoms with Gasteiger partial charge >= 0.3 is 0 Å². The fourth-order valence-corrected chi connectivity index (χ4v) is 2.39. The van der Waals surface area contributed by atoms with Crippen molar-refractivity contribution in [2.75, 3.05) is 5.32 Å². The fraction of sp³-hybridized carbons (Fsp3) is 0.312. The molecule has 0 aromatic heterocycles. The number of allylic oxidation sites excluding steroid dienone is 2. The van der Waals surface area contributed by atoms with Gasteiger partial charge in [0.1, 0.15) is 0 Å². The van der Waals surface area contributed by atoms with Gasteiger partial charge in [0.15, 0.2) is 5.78 Å². The molecule has 0 aliphatic heterocycles. The van der Waals surface area contributed by atoms with E-state index in [9.17, 15) is 19.5 Å². The maximum Gasteiger partial charge on any atom is 0.228 e. The van der Waals surface area contributed by atoms with Gasteiger partial charge in [0.05, 0.1) is 5.92 Å². The second-order valence-corrected chi connectivity index (χ2v) is 5.10. The van der Waals surface area contributed by atoms with E-state index in [1.54, 1.807) is 30.3 Å². The number of ketones is 1. The molecule has 1 N–H and O–H groups in total. The maximum absolute atomic E-state index is 12.2. The summed E-state index contributed by atoms with van der Waals surface area (Å²) in [5.74, 6) is -3.03. The Morgan fingerprint density at radius 2 is 1.62 bits per heavy atom. The van der Waals surface area contributed by atoms with Crippen LogP contribution in [0.25, 0.3) is 0 Å². The van der Waals surface area contributed by atoms with Crippen LogP contribution in [0.5, 0.6) is 0 Å². The van der Waals surface area contributed by atoms with E-state index in [1.807, 2.05) is 6.08 Å². The molecule has 1 aliphatic rings. The molecule has 110 valence electrons. The van der Waals surface area contributed by atoms with Crippen LogP contribution in [0.1, 0.15) is 30.1 Å². The molecule has 0 spiro atoms. The van der Waals surface area contributed by atoms with E-state index in [4.69, 9.17) is 0 Å². The highest BCUT2D eigenvalue weighted by atomic mass is 16.4. The van der Waals surface area contributed by atoms with E-state index in [-0.39, 0.29) is 11.7 Å². The number of carboxylic acids is 1. The van der Waals surface area contributed by atoms with Crippen molar-refractivity contribution in [1.82, 2.24) is 0 Å². The van der Waals surface area contributed by atoms with Crippen molar-refractivity contribution in [2.24, 2.45) is 11.8 Å². The summed E-state index contributed by atoms with van der Waals surface area (Å²) in [6, 6.07) is 6.49. The first kappa shape index (κ1) is 15.0. The van der Waals surface area contributed by atoms with Crippen LogP contribution in [0.3, 0.4) is 0 Å². The Morgan fingerprint density at radius 1 is 1.05 bits per heavy atom. The molecule has 1 aromatic carbocycles. The quantitative estimate of drug-likeness (QED) is 0.664. The number of carbonyl (C=O) groups is 3. The number of nitrogens with one attached hydrogen (secondary N) is 1. The zero-order valence-corrected chi connectivity index (χ0v) is 11.7. The minimum absolute atomic E-state index is 0.0534. The van der Waals surface area contributed by atoms with Crippen molar-refractivity contribution >= 4 is 23.3 Å². The normalized spacial score (nSPS) is 20.8. The average Bonchev–Trinajstić information content (AvgIpc) is 2.47. The van der Waals surface area contributed by atoms with E-state index >= 15 is 0 Å². The fourth-order valence-electron chi connectivity index (χ4n) is 2.39. The minimum Gasteiger partial charge on any atom is -0.550 e. The Morgan fingerprint density at radius 3 is 2.14 bits per heavy atom. The summed E-state index contributed by atoms with van der Waals surface area (Å²) >= 11 is 0. The number of benzene rings is 1. The monoisotopic (exact) mass is 286 g/mol. The zero-order valence-electron chi connectivity index (χ0n) is 11.7. The van der Waals surface area contributed by atoms with E-state index in [0.717, 1.165) is 0 Å². The highest BCUT2D eigenvalue weighted by Gasteiger charge is 2.29. The number of rotatable bonds is 4. The number of carbonyl (C=O) groups excluding carboxylic acids is 3. The summed E-state index contributed by atoms with van der Waals surface area (Å²) in [4.78, 5) is 34.5. The van der Waals surface area contributed by atoms with Crippen molar-refractivity contribution in [3.05, 3.63) is 42.0 Å². The van der Waals surface area contributed by atoms with Crippen LogP contribution in [0.2, 0.25) is 0 Å². The van der Waals surface area contributed by atoms with Crippen LogP contribution >= 0.6 is 0 Å². The molecule has 0 saturated carbocycles. The second kappa shape index (κ2) is 6.35. The van der Waals surface area contributed by atoms with Crippen LogP contribution in [0.15, 0.2) is 36.4 Å². The van der Waals surface area contributed by atoms with Crippen LogP contribution in [0, 0.1) is 11.8 Å². The number of anilines is 1. The lowest BCUT2D eigenvalue weighted by Gasteiger charge is -2.28. The van der Waals surface area contributed by atoms with Gasteiger partial charge in [0.2, 0.25) is 5.91 Å². The van der Waals surface area contributed by atoms with Gasteiger partial charge in [-0.2, -0.15) is 0 Å². The summed E-state index contributed by atoms with van der Waals surface area (Å²) < 4.78 is 0. The molecule has 5 heteroatoms. The molecule has 0 fully saturated rings. The Bertz CT molecular complexity index is 589. The van der Waals surface area contributed by atoms with Crippen molar-refractivity contribution < 1.29 is 19.5 Å². The maximum atomic E-state index is 12.2. The first-order valence-electron chi connectivity index (χ1n) is 6.76. The molecule has 0 saturated heterocycles. The third kappa shape index (κ3) is 3.56. The third-order valence-electron chi connectivity index (χ3n) is 3.63. The molecule has 0 bridgehead atoms. The molecule has 0 heterocycles. The highest BCUT2D eigenvalue weighted by molar-refractivity contribution is 5.97. The van der Waals surface area contributed by atoms with E-state index in [2.05, 4.69) is 5.32 Å². The minimum atomic E-state index is -1.20. The Balaban J connectivity index is 2.08. The summed E-state index contributed by atoms with van der Waals surface area (Å²) in [7, 11) is 0. The first-order chi connectivity index (χ1) is 9.99. The molecular weight excluding hydrogens is 270 g/mol. The lowest BCUT2D eigenvalue weighted by molar-refractivity contribution is -0.313. The summed E-state index contributed by atoms with van der Waals surface area (Å²) in [6.45, 7) is 1.46. The van der Waals surface area contributed by atoms with Crippen LogP contribution in [0.4, 0.5) is 5.69 Å². The number of Topliss-reactive ketones (excluding diaryl/α,β-unsaturated/α-hetero) is 1. The topological polar surface area (TPSA) is 86.3 Å². The van der Waals surface area contributed by atoms with Gasteiger partial charge < -0.3 is 15.2 Å². The van der Waals surface area contributed by atoms with Crippen LogP contribution in [-0.2, 0) is 9.59 Å². The van der Waals surface area contributed by atoms with Gasteiger partial charge in [-0.25, -0.2) is 0 Å². The molecule has 1 aliphatic carbocycles. The van der Waals surface area contributed by atoms with Crippen molar-refractivity contribution in [3.8, 4) is 0 Å². The molecule has 2 atom stereocenters. The molecule has 2 rings (SSSR count). The summed E-state index contributed by atoms with van der Waals surface area (Å²) in [5, 5.41) is 13.8. The van der Waals surface area contributed by atoms with Crippen molar-refractivity contribution in [2.45, 2.75) is 19.8 Å². The number of aliphatic carboxylic acids is 1. The SMILES string of the molecule is CC(=O)c1ccc(NC(=O)[C@H]2CC=CC[C@H]2C(=O)[O-])cc1. The summed E-state index contributed by atoms with van der Waals surface area (Å²) in [6.07, 6.45) is 4.26. The van der Waals surface area contributed by atoms with Gasteiger partial charge in [0.25, 0.3) is 0 Å². The number of carboxylic acid groups (broad SMARTS) is 1. The lowest BCUT2D eigenvalue weighted by atomic mass is 9.82. The van der Waals surface area contributed by atoms with Crippen molar-refractivity contribution in [1.29, 1.82) is 0 Å². The standard InChI is InChI=1S/C16H17NO4/c1-10(18)11-6-8-12(9-7-11)17-15(19)13-4-2-3-5-14(13)16(20)21/h2-3,6-9,13-14H,4-5H2,1H3,(H,17,19)(H,20,21)/p-1/t13-,14+/m0/s1. The van der Waals surface area contributed by atoms with Gasteiger partial charge in [-0.3, -0.25) is 9.59 Å². The Hall–Kier alpha value is -2.43. The smallest absolute Gasteiger partial charge is 0.228 e. The molecule has 5 nitrogen and oxygen atoms in total. The largest absolute Gasteiger partial charge is 0.550 e. The van der Waals surface area contributed by atoms with Gasteiger partial charge in [-0.1, -0.05) is 12.2 Å². The van der Waals surface area contributed by atoms with Crippen LogP contribution < -0.4 is 10.4 Å². The first-order valence-corrected chi connectivity index (χ1v) is 6.76. The van der Waals surface area contributed by atoms with Crippen molar-refractivity contribution in [3.63, 3.8) is 0 Å². The number of hydrogen-bond acceptors (Lipinski definition) is 4. The summed E-state index contributed by atoms with van der Waals surface area (Å²) in [5.41, 5.74) is 1.10. The van der Waals surface area contributed by atoms with E-state index < -0.39 is 17.8 Å². The Labute approximate surface area is 122 Å². The van der Waals surface area contributed by atoms with Gasteiger partial charge in [-0.05, 0) is 44.0 Å².